The predicted molar refractivity (Wildman–Crippen MR) is 76.5 cm³/mol. The number of pyridine rings is 1. The summed E-state index contributed by atoms with van der Waals surface area (Å²) in [6, 6.07) is 6.79. The Kier molecular flexibility index (Phi) is 5.10. The molecule has 0 radical (unpaired) electrons. The van der Waals surface area contributed by atoms with Crippen molar-refractivity contribution in [2.75, 3.05) is 18.2 Å². The second kappa shape index (κ2) is 7.03. The summed E-state index contributed by atoms with van der Waals surface area (Å²) < 4.78 is 30.7. The first-order valence-electron chi connectivity index (χ1n) is 5.96. The number of ether oxygens (including phenoxy) is 1. The van der Waals surface area contributed by atoms with Gasteiger partial charge in [-0.1, -0.05) is 0 Å². The van der Waals surface area contributed by atoms with Crippen molar-refractivity contribution in [3.8, 4) is 5.88 Å². The maximum atomic E-state index is 13.0. The van der Waals surface area contributed by atoms with Gasteiger partial charge in [0.15, 0.2) is 11.6 Å². The van der Waals surface area contributed by atoms with Crippen molar-refractivity contribution in [1.29, 1.82) is 0 Å². The quantitative estimate of drug-likeness (QED) is 0.862. The molecule has 2 aromatic rings. The summed E-state index contributed by atoms with van der Waals surface area (Å²) in [5, 5.41) is 2.64. The number of aromatic nitrogens is 1. The number of carbonyl (C=O) groups excluding carboxylic acids is 1. The van der Waals surface area contributed by atoms with E-state index in [0.717, 1.165) is 23.9 Å². The van der Waals surface area contributed by atoms with E-state index in [1.54, 1.807) is 12.1 Å². The van der Waals surface area contributed by atoms with Crippen LogP contribution in [0.15, 0.2) is 41.4 Å². The van der Waals surface area contributed by atoms with Gasteiger partial charge in [-0.3, -0.25) is 4.79 Å². The smallest absolute Gasteiger partial charge is 0.234 e. The molecule has 1 heterocycles. The molecule has 1 aromatic carbocycles. The predicted octanol–water partition coefficient (Wildman–Crippen LogP) is 3.10. The van der Waals surface area contributed by atoms with Crippen LogP contribution in [-0.4, -0.2) is 23.8 Å². The Bertz CT molecular complexity index is 635. The van der Waals surface area contributed by atoms with Crippen LogP contribution in [0.3, 0.4) is 0 Å². The largest absolute Gasteiger partial charge is 0.481 e. The van der Waals surface area contributed by atoms with Crippen LogP contribution in [0.2, 0.25) is 0 Å². The fourth-order valence-electron chi connectivity index (χ4n) is 1.49. The molecule has 1 N–H and O–H groups in total. The van der Waals surface area contributed by atoms with E-state index < -0.39 is 11.6 Å². The fourth-order valence-corrected chi connectivity index (χ4v) is 2.21. The SMILES string of the molecule is COc1ccc(NC(=O)CSc2ccc(F)c(F)c2)cn1. The Morgan fingerprint density at radius 1 is 1.29 bits per heavy atom. The Balaban J connectivity index is 1.87. The maximum Gasteiger partial charge on any atom is 0.234 e. The van der Waals surface area contributed by atoms with Crippen LogP contribution in [0, 0.1) is 11.6 Å². The lowest BCUT2D eigenvalue weighted by atomic mass is 10.3. The van der Waals surface area contributed by atoms with E-state index in [9.17, 15) is 13.6 Å². The number of halogens is 2. The molecule has 0 bridgehead atoms. The number of benzene rings is 1. The van der Waals surface area contributed by atoms with Gasteiger partial charge in [-0.2, -0.15) is 0 Å². The first-order chi connectivity index (χ1) is 10.1. The monoisotopic (exact) mass is 310 g/mol. The van der Waals surface area contributed by atoms with E-state index in [1.165, 1.54) is 19.4 Å². The minimum atomic E-state index is -0.931. The molecule has 2 rings (SSSR count). The molecule has 0 saturated heterocycles. The average molecular weight is 310 g/mol. The van der Waals surface area contributed by atoms with Gasteiger partial charge in [0.1, 0.15) is 0 Å². The van der Waals surface area contributed by atoms with E-state index in [4.69, 9.17) is 4.74 Å². The van der Waals surface area contributed by atoms with Crippen LogP contribution in [0.4, 0.5) is 14.5 Å². The molecule has 7 heteroatoms. The van der Waals surface area contributed by atoms with Crippen molar-refractivity contribution in [2.45, 2.75) is 4.90 Å². The minimum Gasteiger partial charge on any atom is -0.481 e. The van der Waals surface area contributed by atoms with Gasteiger partial charge in [0.2, 0.25) is 11.8 Å². The molecule has 0 atom stereocenters. The Labute approximate surface area is 124 Å². The van der Waals surface area contributed by atoms with Gasteiger partial charge < -0.3 is 10.1 Å². The summed E-state index contributed by atoms with van der Waals surface area (Å²) in [5.41, 5.74) is 0.534. The molecule has 0 unspecified atom stereocenters. The van der Waals surface area contributed by atoms with Gasteiger partial charge in [-0.05, 0) is 24.3 Å². The summed E-state index contributed by atoms with van der Waals surface area (Å²) in [7, 11) is 1.50. The standard InChI is InChI=1S/C14H12F2N2O2S/c1-20-14-5-2-9(7-17-14)18-13(19)8-21-10-3-4-11(15)12(16)6-10/h2-7H,8H2,1H3,(H,18,19). The number of nitrogens with one attached hydrogen (secondary N) is 1. The zero-order valence-corrected chi connectivity index (χ0v) is 11.9. The van der Waals surface area contributed by atoms with E-state index in [1.807, 2.05) is 0 Å². The first kappa shape index (κ1) is 15.2. The second-order valence-electron chi connectivity index (χ2n) is 4.00. The number of carbonyl (C=O) groups is 1. The van der Waals surface area contributed by atoms with Crippen molar-refractivity contribution in [2.24, 2.45) is 0 Å². The third-order valence-electron chi connectivity index (χ3n) is 2.49. The average Bonchev–Trinajstić information content (AvgIpc) is 2.49. The van der Waals surface area contributed by atoms with Crippen LogP contribution in [0.25, 0.3) is 0 Å². The van der Waals surface area contributed by atoms with Crippen LogP contribution in [0.5, 0.6) is 5.88 Å². The zero-order valence-electron chi connectivity index (χ0n) is 11.1. The number of nitrogens with zero attached hydrogens (tertiary/aromatic N) is 1. The third kappa shape index (κ3) is 4.42. The topological polar surface area (TPSA) is 51.2 Å². The van der Waals surface area contributed by atoms with Crippen LogP contribution < -0.4 is 10.1 Å². The van der Waals surface area contributed by atoms with Gasteiger partial charge >= 0.3 is 0 Å². The van der Waals surface area contributed by atoms with Gasteiger partial charge in [0.25, 0.3) is 0 Å². The number of anilines is 1. The number of hydrogen-bond donors (Lipinski definition) is 1. The number of hydrogen-bond acceptors (Lipinski definition) is 4. The highest BCUT2D eigenvalue weighted by Crippen LogP contribution is 2.20. The molecule has 0 aliphatic rings. The number of amides is 1. The normalized spacial score (nSPS) is 10.2. The van der Waals surface area contributed by atoms with Crippen molar-refractivity contribution in [3.05, 3.63) is 48.2 Å². The summed E-state index contributed by atoms with van der Waals surface area (Å²) in [4.78, 5) is 16.2. The highest BCUT2D eigenvalue weighted by molar-refractivity contribution is 8.00. The highest BCUT2D eigenvalue weighted by Gasteiger charge is 2.07. The van der Waals surface area contributed by atoms with E-state index in [2.05, 4.69) is 10.3 Å². The van der Waals surface area contributed by atoms with Crippen LogP contribution in [0.1, 0.15) is 0 Å². The molecule has 110 valence electrons. The molecule has 1 aromatic heterocycles. The molecule has 0 spiro atoms. The maximum absolute atomic E-state index is 13.0. The zero-order chi connectivity index (χ0) is 15.2. The Morgan fingerprint density at radius 2 is 2.10 bits per heavy atom. The van der Waals surface area contributed by atoms with Gasteiger partial charge in [-0.25, -0.2) is 13.8 Å². The van der Waals surface area contributed by atoms with E-state index in [-0.39, 0.29) is 11.7 Å². The molecule has 21 heavy (non-hydrogen) atoms. The lowest BCUT2D eigenvalue weighted by molar-refractivity contribution is -0.113. The van der Waals surface area contributed by atoms with Crippen LogP contribution >= 0.6 is 11.8 Å². The molecule has 0 saturated carbocycles. The van der Waals surface area contributed by atoms with Crippen molar-refractivity contribution in [3.63, 3.8) is 0 Å². The molecule has 0 aliphatic heterocycles. The Hall–Kier alpha value is -2.15. The number of rotatable bonds is 5. The fraction of sp³-hybridized carbons (Fsp3) is 0.143. The highest BCUT2D eigenvalue weighted by atomic mass is 32.2. The summed E-state index contributed by atoms with van der Waals surface area (Å²) in [6.45, 7) is 0. The molecular formula is C14H12F2N2O2S. The molecule has 0 aliphatic carbocycles. The van der Waals surface area contributed by atoms with Gasteiger partial charge in [0.05, 0.1) is 24.7 Å². The molecular weight excluding hydrogens is 298 g/mol. The van der Waals surface area contributed by atoms with Gasteiger partial charge in [0, 0.05) is 11.0 Å². The lowest BCUT2D eigenvalue weighted by Crippen LogP contribution is -2.14. The Morgan fingerprint density at radius 3 is 2.71 bits per heavy atom. The molecule has 4 nitrogen and oxygen atoms in total. The first-order valence-corrected chi connectivity index (χ1v) is 6.95. The van der Waals surface area contributed by atoms with Crippen molar-refractivity contribution < 1.29 is 18.3 Å². The minimum absolute atomic E-state index is 0.0805. The second-order valence-corrected chi connectivity index (χ2v) is 5.05. The summed E-state index contributed by atoms with van der Waals surface area (Å²) in [6.07, 6.45) is 1.47. The van der Waals surface area contributed by atoms with Gasteiger partial charge in [-0.15, -0.1) is 11.8 Å². The van der Waals surface area contributed by atoms with Crippen molar-refractivity contribution in [1.82, 2.24) is 4.98 Å². The summed E-state index contributed by atoms with van der Waals surface area (Å²) in [5.74, 6) is -1.58. The van der Waals surface area contributed by atoms with Crippen LogP contribution in [-0.2, 0) is 4.79 Å². The van der Waals surface area contributed by atoms with E-state index >= 15 is 0 Å². The molecule has 1 amide bonds. The lowest BCUT2D eigenvalue weighted by Gasteiger charge is -2.06. The summed E-state index contributed by atoms with van der Waals surface area (Å²) >= 11 is 1.11. The number of thioether (sulfide) groups is 1. The van der Waals surface area contributed by atoms with E-state index in [0.29, 0.717) is 16.5 Å². The molecule has 0 fully saturated rings. The number of methoxy groups -OCH3 is 1. The third-order valence-corrected chi connectivity index (χ3v) is 3.48. The van der Waals surface area contributed by atoms with Crippen molar-refractivity contribution >= 4 is 23.4 Å².